The molecule has 2 aliphatic heterocycles. The molecule has 2 aliphatic rings. The summed E-state index contributed by atoms with van der Waals surface area (Å²) in [7, 11) is 1.57. The van der Waals surface area contributed by atoms with Crippen LogP contribution in [0, 0.1) is 11.8 Å². The van der Waals surface area contributed by atoms with E-state index in [0.717, 1.165) is 32.0 Å². The minimum absolute atomic E-state index is 0.375. The summed E-state index contributed by atoms with van der Waals surface area (Å²) in [6.45, 7) is 4.22. The number of aromatic nitrogens is 2. The molecule has 17 heavy (non-hydrogen) atoms. The normalized spacial score (nSPS) is 27.3. The Labute approximate surface area is 105 Å². The molecule has 0 spiro atoms. The summed E-state index contributed by atoms with van der Waals surface area (Å²) >= 11 is 6.15. The van der Waals surface area contributed by atoms with E-state index in [1.54, 1.807) is 13.3 Å². The van der Waals surface area contributed by atoms with Crippen LogP contribution in [0.25, 0.3) is 0 Å². The molecule has 1 aromatic rings. The van der Waals surface area contributed by atoms with E-state index in [1.807, 2.05) is 0 Å². The van der Waals surface area contributed by atoms with Crippen molar-refractivity contribution in [3.63, 3.8) is 0 Å². The molecule has 0 aliphatic carbocycles. The summed E-state index contributed by atoms with van der Waals surface area (Å²) in [5, 5.41) is 4.01. The SMILES string of the molecule is COc1ncc(Cl)c(N2CC3CNCC3C2)n1. The van der Waals surface area contributed by atoms with Gasteiger partial charge in [-0.05, 0) is 11.8 Å². The molecule has 0 saturated carbocycles. The van der Waals surface area contributed by atoms with Gasteiger partial charge in [-0.1, -0.05) is 11.6 Å². The molecule has 1 aromatic heterocycles. The van der Waals surface area contributed by atoms with Crippen molar-refractivity contribution >= 4 is 17.4 Å². The van der Waals surface area contributed by atoms with Crippen molar-refractivity contribution in [1.29, 1.82) is 0 Å². The predicted molar refractivity (Wildman–Crippen MR) is 65.7 cm³/mol. The van der Waals surface area contributed by atoms with Gasteiger partial charge in [0.25, 0.3) is 0 Å². The number of anilines is 1. The molecule has 0 aromatic carbocycles. The van der Waals surface area contributed by atoms with Gasteiger partial charge in [0.2, 0.25) is 0 Å². The van der Waals surface area contributed by atoms with Gasteiger partial charge in [0, 0.05) is 26.2 Å². The summed E-state index contributed by atoms with van der Waals surface area (Å²) in [5.74, 6) is 2.23. The molecule has 92 valence electrons. The fourth-order valence-corrected chi connectivity index (χ4v) is 2.90. The van der Waals surface area contributed by atoms with Crippen LogP contribution < -0.4 is 15.0 Å². The third kappa shape index (κ3) is 1.93. The topological polar surface area (TPSA) is 50.3 Å². The van der Waals surface area contributed by atoms with Crippen LogP contribution in [-0.4, -0.2) is 43.3 Å². The van der Waals surface area contributed by atoms with Crippen LogP contribution >= 0.6 is 11.6 Å². The van der Waals surface area contributed by atoms with Gasteiger partial charge in [-0.2, -0.15) is 4.98 Å². The standard InChI is InChI=1S/C11H15ClN4O/c1-17-11-14-4-9(12)10(15-11)16-5-7-2-13-3-8(7)6-16/h4,7-8,13H,2-3,5-6H2,1H3. The number of fused-ring (bicyclic) bond motifs is 1. The number of halogens is 1. The molecule has 2 atom stereocenters. The largest absolute Gasteiger partial charge is 0.467 e. The average Bonchev–Trinajstić information content (AvgIpc) is 2.90. The van der Waals surface area contributed by atoms with E-state index >= 15 is 0 Å². The van der Waals surface area contributed by atoms with Gasteiger partial charge >= 0.3 is 6.01 Å². The van der Waals surface area contributed by atoms with Gasteiger partial charge in [0.1, 0.15) is 5.02 Å². The highest BCUT2D eigenvalue weighted by molar-refractivity contribution is 6.32. The fraction of sp³-hybridized carbons (Fsp3) is 0.636. The van der Waals surface area contributed by atoms with E-state index in [1.165, 1.54) is 0 Å². The third-order valence-electron chi connectivity index (χ3n) is 3.58. The van der Waals surface area contributed by atoms with Gasteiger partial charge < -0.3 is 15.0 Å². The summed E-state index contributed by atoms with van der Waals surface area (Å²) in [4.78, 5) is 10.6. The average molecular weight is 255 g/mol. The van der Waals surface area contributed by atoms with Crippen molar-refractivity contribution < 1.29 is 4.74 Å². The first-order valence-electron chi connectivity index (χ1n) is 5.80. The highest BCUT2D eigenvalue weighted by Crippen LogP contribution is 2.33. The number of ether oxygens (including phenoxy) is 1. The summed E-state index contributed by atoms with van der Waals surface area (Å²) in [6.07, 6.45) is 1.61. The predicted octanol–water partition coefficient (Wildman–Crippen LogP) is 0.794. The summed E-state index contributed by atoms with van der Waals surface area (Å²) < 4.78 is 5.04. The Kier molecular flexibility index (Phi) is 2.80. The third-order valence-corrected chi connectivity index (χ3v) is 3.84. The maximum absolute atomic E-state index is 6.15. The molecule has 0 bridgehead atoms. The van der Waals surface area contributed by atoms with E-state index in [2.05, 4.69) is 20.2 Å². The summed E-state index contributed by atoms with van der Waals surface area (Å²) in [6, 6.07) is 0.375. The second-order valence-corrected chi connectivity index (χ2v) is 5.02. The van der Waals surface area contributed by atoms with Gasteiger partial charge in [0.15, 0.2) is 5.82 Å². The number of nitrogens with one attached hydrogen (secondary N) is 1. The van der Waals surface area contributed by atoms with Crippen LogP contribution in [0.1, 0.15) is 0 Å². The molecule has 3 heterocycles. The Morgan fingerprint density at radius 2 is 2.12 bits per heavy atom. The lowest BCUT2D eigenvalue weighted by molar-refractivity contribution is 0.380. The number of hydrogen-bond donors (Lipinski definition) is 1. The first kappa shape index (κ1) is 11.0. The fourth-order valence-electron chi connectivity index (χ4n) is 2.69. The lowest BCUT2D eigenvalue weighted by Gasteiger charge is -2.19. The highest BCUT2D eigenvalue weighted by atomic mass is 35.5. The van der Waals surface area contributed by atoms with Gasteiger partial charge in [-0.3, -0.25) is 0 Å². The maximum Gasteiger partial charge on any atom is 0.318 e. The van der Waals surface area contributed by atoms with Crippen molar-refractivity contribution in [3.8, 4) is 6.01 Å². The molecular weight excluding hydrogens is 240 g/mol. The van der Waals surface area contributed by atoms with Gasteiger partial charge in [0.05, 0.1) is 13.3 Å². The Morgan fingerprint density at radius 1 is 1.41 bits per heavy atom. The van der Waals surface area contributed by atoms with Crippen LogP contribution in [-0.2, 0) is 0 Å². The molecule has 2 unspecified atom stereocenters. The van der Waals surface area contributed by atoms with Crippen LogP contribution in [0.2, 0.25) is 5.02 Å². The second kappa shape index (κ2) is 4.31. The molecule has 6 heteroatoms. The smallest absolute Gasteiger partial charge is 0.318 e. The van der Waals surface area contributed by atoms with Crippen molar-refractivity contribution in [2.45, 2.75) is 0 Å². The molecule has 0 amide bonds. The van der Waals surface area contributed by atoms with Crippen molar-refractivity contribution in [3.05, 3.63) is 11.2 Å². The Bertz CT molecular complexity index is 416. The maximum atomic E-state index is 6.15. The molecule has 5 nitrogen and oxygen atoms in total. The zero-order valence-corrected chi connectivity index (χ0v) is 10.4. The lowest BCUT2D eigenvalue weighted by Crippen LogP contribution is -2.26. The molecule has 0 radical (unpaired) electrons. The van der Waals surface area contributed by atoms with E-state index in [9.17, 15) is 0 Å². The Hall–Kier alpha value is -1.07. The van der Waals surface area contributed by atoms with E-state index in [0.29, 0.717) is 22.9 Å². The number of rotatable bonds is 2. The minimum Gasteiger partial charge on any atom is -0.467 e. The molecule has 2 fully saturated rings. The summed E-state index contributed by atoms with van der Waals surface area (Å²) in [5.41, 5.74) is 0. The van der Waals surface area contributed by atoms with Crippen LogP contribution in [0.15, 0.2) is 6.20 Å². The molecule has 3 rings (SSSR count). The molecule has 1 N–H and O–H groups in total. The number of methoxy groups -OCH3 is 1. The number of nitrogens with zero attached hydrogens (tertiary/aromatic N) is 3. The van der Waals surface area contributed by atoms with Crippen molar-refractivity contribution in [1.82, 2.24) is 15.3 Å². The zero-order valence-electron chi connectivity index (χ0n) is 9.69. The molecular formula is C11H15ClN4O. The van der Waals surface area contributed by atoms with E-state index in [4.69, 9.17) is 16.3 Å². The Morgan fingerprint density at radius 3 is 2.76 bits per heavy atom. The number of hydrogen-bond acceptors (Lipinski definition) is 5. The Balaban J connectivity index is 1.84. The molecule has 2 saturated heterocycles. The van der Waals surface area contributed by atoms with E-state index < -0.39 is 0 Å². The zero-order chi connectivity index (χ0) is 11.8. The van der Waals surface area contributed by atoms with Crippen LogP contribution in [0.4, 0.5) is 5.82 Å². The van der Waals surface area contributed by atoms with Crippen LogP contribution in [0.3, 0.4) is 0 Å². The van der Waals surface area contributed by atoms with Crippen molar-refractivity contribution in [2.75, 3.05) is 38.2 Å². The minimum atomic E-state index is 0.375. The van der Waals surface area contributed by atoms with E-state index in [-0.39, 0.29) is 0 Å². The quantitative estimate of drug-likeness (QED) is 0.846. The van der Waals surface area contributed by atoms with Gasteiger partial charge in [-0.25, -0.2) is 4.98 Å². The second-order valence-electron chi connectivity index (χ2n) is 4.61. The van der Waals surface area contributed by atoms with Crippen LogP contribution in [0.5, 0.6) is 6.01 Å². The highest BCUT2D eigenvalue weighted by Gasteiger charge is 2.37. The monoisotopic (exact) mass is 254 g/mol. The lowest BCUT2D eigenvalue weighted by atomic mass is 10.0. The van der Waals surface area contributed by atoms with Gasteiger partial charge in [-0.15, -0.1) is 0 Å². The van der Waals surface area contributed by atoms with Crippen molar-refractivity contribution in [2.24, 2.45) is 11.8 Å². The first-order valence-corrected chi connectivity index (χ1v) is 6.18. The first-order chi connectivity index (χ1) is 8.28.